The van der Waals surface area contributed by atoms with Gasteiger partial charge < -0.3 is 9.47 Å². The van der Waals surface area contributed by atoms with E-state index in [0.717, 1.165) is 21.2 Å². The van der Waals surface area contributed by atoms with Gasteiger partial charge in [0.1, 0.15) is 18.1 Å². The van der Waals surface area contributed by atoms with Crippen LogP contribution in [0.3, 0.4) is 0 Å². The molecule has 1 aliphatic heterocycles. The van der Waals surface area contributed by atoms with Gasteiger partial charge in [-0.2, -0.15) is 0 Å². The number of halogens is 3. The Hall–Kier alpha value is -2.27. The highest BCUT2D eigenvalue weighted by atomic mass is 79.9. The highest BCUT2D eigenvalue weighted by molar-refractivity contribution is 9.10. The Bertz CT molecular complexity index is 1150. The molecule has 0 fully saturated rings. The van der Waals surface area contributed by atoms with E-state index in [1.54, 1.807) is 24.3 Å². The zero-order valence-electron chi connectivity index (χ0n) is 15.3. The lowest BCUT2D eigenvalue weighted by Crippen LogP contribution is -2.00. The van der Waals surface area contributed by atoms with E-state index < -0.39 is 0 Å². The molecule has 6 heteroatoms. The van der Waals surface area contributed by atoms with Crippen LogP contribution >= 0.6 is 39.1 Å². The van der Waals surface area contributed by atoms with Gasteiger partial charge in [-0.05, 0) is 54.0 Å². The van der Waals surface area contributed by atoms with Gasteiger partial charge in [0.2, 0.25) is 5.78 Å². The van der Waals surface area contributed by atoms with E-state index in [2.05, 4.69) is 15.9 Å². The third-order valence-electron chi connectivity index (χ3n) is 4.52. The van der Waals surface area contributed by atoms with Crippen LogP contribution < -0.4 is 9.47 Å². The van der Waals surface area contributed by atoms with Crippen LogP contribution in [0.15, 0.2) is 64.8 Å². The van der Waals surface area contributed by atoms with Crippen LogP contribution in [0.2, 0.25) is 10.0 Å². The minimum atomic E-state index is -0.135. The summed E-state index contributed by atoms with van der Waals surface area (Å²) >= 11 is 15.5. The first kappa shape index (κ1) is 20.0. The molecule has 0 atom stereocenters. The van der Waals surface area contributed by atoms with E-state index in [4.69, 9.17) is 32.7 Å². The quantitative estimate of drug-likeness (QED) is 0.362. The number of hydrogen-bond donors (Lipinski definition) is 0. The van der Waals surface area contributed by atoms with Crippen LogP contribution in [0.25, 0.3) is 6.08 Å². The van der Waals surface area contributed by atoms with Gasteiger partial charge in [-0.15, -0.1) is 0 Å². The maximum Gasteiger partial charge on any atom is 0.232 e. The Labute approximate surface area is 187 Å². The number of ketones is 1. The molecule has 0 aliphatic carbocycles. The fourth-order valence-electron chi connectivity index (χ4n) is 3.09. The summed E-state index contributed by atoms with van der Waals surface area (Å²) in [6, 6.07) is 16.6. The van der Waals surface area contributed by atoms with E-state index in [-0.39, 0.29) is 11.5 Å². The van der Waals surface area contributed by atoms with Crippen LogP contribution in [0.4, 0.5) is 0 Å². The minimum Gasteiger partial charge on any atom is -0.489 e. The molecule has 29 heavy (non-hydrogen) atoms. The van der Waals surface area contributed by atoms with Gasteiger partial charge in [-0.3, -0.25) is 4.79 Å². The first-order chi connectivity index (χ1) is 13.9. The molecule has 3 aromatic carbocycles. The van der Waals surface area contributed by atoms with Gasteiger partial charge in [0.15, 0.2) is 5.76 Å². The molecule has 4 rings (SSSR count). The SMILES string of the molecule is Cc1cc(OCc2ccc(Cl)c(Cl)c2)cc2c1C(=O)/C(=C/c1ccccc1Br)O2. The number of carbonyl (C=O) groups is 1. The fraction of sp³-hybridized carbons (Fsp3) is 0.0870. The van der Waals surface area contributed by atoms with Crippen LogP contribution in [0.5, 0.6) is 11.5 Å². The van der Waals surface area contributed by atoms with Crippen molar-refractivity contribution >= 4 is 51.0 Å². The van der Waals surface area contributed by atoms with Crippen molar-refractivity contribution in [3.05, 3.63) is 97.1 Å². The topological polar surface area (TPSA) is 35.5 Å². The minimum absolute atomic E-state index is 0.135. The first-order valence-electron chi connectivity index (χ1n) is 8.82. The molecular formula is C23H15BrCl2O3. The molecule has 0 saturated heterocycles. The zero-order chi connectivity index (χ0) is 20.5. The molecule has 0 radical (unpaired) electrons. The van der Waals surface area contributed by atoms with E-state index in [0.29, 0.717) is 33.7 Å². The third kappa shape index (κ3) is 4.20. The van der Waals surface area contributed by atoms with Gasteiger partial charge in [0.25, 0.3) is 0 Å². The number of allylic oxidation sites excluding steroid dienone is 1. The second-order valence-electron chi connectivity index (χ2n) is 6.61. The molecule has 0 aromatic heterocycles. The van der Waals surface area contributed by atoms with Gasteiger partial charge in [0, 0.05) is 10.5 Å². The molecule has 0 amide bonds. The molecule has 1 aliphatic rings. The monoisotopic (exact) mass is 488 g/mol. The lowest BCUT2D eigenvalue weighted by Gasteiger charge is -2.10. The summed E-state index contributed by atoms with van der Waals surface area (Å²) in [5.74, 6) is 1.26. The van der Waals surface area contributed by atoms with Gasteiger partial charge in [-0.1, -0.05) is 63.4 Å². The van der Waals surface area contributed by atoms with Gasteiger partial charge in [0.05, 0.1) is 15.6 Å². The average Bonchev–Trinajstić information content (AvgIpc) is 3.00. The summed E-state index contributed by atoms with van der Waals surface area (Å²) in [5, 5.41) is 0.980. The smallest absolute Gasteiger partial charge is 0.232 e. The van der Waals surface area contributed by atoms with Crippen molar-refractivity contribution in [2.75, 3.05) is 0 Å². The predicted molar refractivity (Wildman–Crippen MR) is 119 cm³/mol. The van der Waals surface area contributed by atoms with Crippen LogP contribution in [0, 0.1) is 6.92 Å². The Kier molecular flexibility index (Phi) is 5.68. The molecular weight excluding hydrogens is 475 g/mol. The highest BCUT2D eigenvalue weighted by Gasteiger charge is 2.30. The summed E-state index contributed by atoms with van der Waals surface area (Å²) in [6.45, 7) is 2.19. The van der Waals surface area contributed by atoms with E-state index in [9.17, 15) is 4.79 Å². The molecule has 146 valence electrons. The predicted octanol–water partition coefficient (Wildman–Crippen LogP) is 7.26. The number of Topliss-reactive ketones (excluding diaryl/α,β-unsaturated/α-hetero) is 1. The zero-order valence-corrected chi connectivity index (χ0v) is 18.4. The molecule has 3 aromatic rings. The summed E-state index contributed by atoms with van der Waals surface area (Å²) in [5.41, 5.74) is 3.12. The number of hydrogen-bond acceptors (Lipinski definition) is 3. The number of ether oxygens (including phenoxy) is 2. The maximum absolute atomic E-state index is 12.8. The van der Waals surface area contributed by atoms with Crippen molar-refractivity contribution in [1.29, 1.82) is 0 Å². The van der Waals surface area contributed by atoms with E-state index >= 15 is 0 Å². The van der Waals surface area contributed by atoms with Crippen LogP contribution in [-0.2, 0) is 6.61 Å². The Morgan fingerprint density at radius 1 is 1.07 bits per heavy atom. The molecule has 1 heterocycles. The normalized spacial score (nSPS) is 14.1. The Balaban J connectivity index is 1.57. The summed E-state index contributed by atoms with van der Waals surface area (Å²) in [4.78, 5) is 12.8. The standard InChI is InChI=1S/C23H15BrCl2O3/c1-13-8-16(28-12-14-6-7-18(25)19(26)9-14)11-20-22(13)23(27)21(29-20)10-15-4-2-3-5-17(15)24/h2-11H,12H2,1H3/b21-10-. The molecule has 0 unspecified atom stereocenters. The van der Waals surface area contributed by atoms with Crippen LogP contribution in [0.1, 0.15) is 27.0 Å². The lowest BCUT2D eigenvalue weighted by molar-refractivity contribution is 0.101. The second kappa shape index (κ2) is 8.23. The van der Waals surface area contributed by atoms with Crippen LogP contribution in [-0.4, -0.2) is 5.78 Å². The van der Waals surface area contributed by atoms with Crippen molar-refractivity contribution in [2.24, 2.45) is 0 Å². The van der Waals surface area contributed by atoms with Crippen molar-refractivity contribution in [3.63, 3.8) is 0 Å². The van der Waals surface area contributed by atoms with Crippen molar-refractivity contribution in [1.82, 2.24) is 0 Å². The number of aryl methyl sites for hydroxylation is 1. The molecule has 0 bridgehead atoms. The van der Waals surface area contributed by atoms with Gasteiger partial charge in [-0.25, -0.2) is 0 Å². The van der Waals surface area contributed by atoms with E-state index in [1.165, 1.54) is 0 Å². The highest BCUT2D eigenvalue weighted by Crippen LogP contribution is 2.38. The second-order valence-corrected chi connectivity index (χ2v) is 8.28. The Morgan fingerprint density at radius 3 is 2.62 bits per heavy atom. The molecule has 0 spiro atoms. The Morgan fingerprint density at radius 2 is 1.86 bits per heavy atom. The molecule has 0 saturated carbocycles. The molecule has 0 N–H and O–H groups in total. The fourth-order valence-corrected chi connectivity index (χ4v) is 3.81. The number of fused-ring (bicyclic) bond motifs is 1. The van der Waals surface area contributed by atoms with Crippen molar-refractivity contribution in [2.45, 2.75) is 13.5 Å². The lowest BCUT2D eigenvalue weighted by atomic mass is 10.0. The largest absolute Gasteiger partial charge is 0.489 e. The summed E-state index contributed by atoms with van der Waals surface area (Å²) in [7, 11) is 0. The first-order valence-corrected chi connectivity index (χ1v) is 10.4. The maximum atomic E-state index is 12.8. The summed E-state index contributed by atoms with van der Waals surface area (Å²) in [6.07, 6.45) is 1.74. The van der Waals surface area contributed by atoms with E-state index in [1.807, 2.05) is 43.3 Å². The van der Waals surface area contributed by atoms with Gasteiger partial charge >= 0.3 is 0 Å². The average molecular weight is 490 g/mol. The van der Waals surface area contributed by atoms with Crippen molar-refractivity contribution in [3.8, 4) is 11.5 Å². The summed E-state index contributed by atoms with van der Waals surface area (Å²) < 4.78 is 12.6. The number of rotatable bonds is 4. The van der Waals surface area contributed by atoms with Crippen molar-refractivity contribution < 1.29 is 14.3 Å². The molecule has 3 nitrogen and oxygen atoms in total. The number of carbonyl (C=O) groups excluding carboxylic acids is 1. The number of benzene rings is 3. The third-order valence-corrected chi connectivity index (χ3v) is 5.99.